The van der Waals surface area contributed by atoms with Crippen LogP contribution in [0, 0.1) is 19.8 Å². The second-order valence-electron chi connectivity index (χ2n) is 8.37. The van der Waals surface area contributed by atoms with Gasteiger partial charge in [0, 0.05) is 12.2 Å². The molecule has 0 spiro atoms. The third-order valence-corrected chi connectivity index (χ3v) is 6.21. The van der Waals surface area contributed by atoms with Gasteiger partial charge >= 0.3 is 0 Å². The first-order valence-electron chi connectivity index (χ1n) is 11.0. The molecule has 1 atom stereocenters. The lowest BCUT2D eigenvalue weighted by atomic mass is 10.1. The van der Waals surface area contributed by atoms with Crippen molar-refractivity contribution in [1.82, 2.24) is 14.8 Å². The van der Waals surface area contributed by atoms with Crippen LogP contribution < -0.4 is 14.8 Å². The van der Waals surface area contributed by atoms with Gasteiger partial charge in [-0.05, 0) is 68.1 Å². The minimum Gasteiger partial charge on any atom is -0.497 e. The van der Waals surface area contributed by atoms with Crippen LogP contribution in [0.4, 0.5) is 5.69 Å². The first-order chi connectivity index (χ1) is 15.8. The molecule has 0 saturated carbocycles. The van der Waals surface area contributed by atoms with Gasteiger partial charge in [0.25, 0.3) is 0 Å². The molecule has 0 radical (unpaired) electrons. The van der Waals surface area contributed by atoms with Gasteiger partial charge in [-0.3, -0.25) is 4.79 Å². The quantitative estimate of drug-likeness (QED) is 0.400. The molecule has 8 heteroatoms. The normalized spacial score (nSPS) is 12.0. The third-order valence-electron chi connectivity index (χ3n) is 5.24. The molecule has 7 nitrogen and oxygen atoms in total. The number of amides is 1. The number of anilines is 1. The fourth-order valence-electron chi connectivity index (χ4n) is 3.36. The molecular formula is C25H32N4O3S. The Morgan fingerprint density at radius 1 is 1.06 bits per heavy atom. The Morgan fingerprint density at radius 2 is 1.76 bits per heavy atom. The van der Waals surface area contributed by atoms with Crippen LogP contribution in [-0.4, -0.2) is 33.5 Å². The first kappa shape index (κ1) is 24.6. The van der Waals surface area contributed by atoms with Crippen molar-refractivity contribution in [2.75, 3.05) is 18.2 Å². The number of aryl methyl sites for hydroxylation is 1. The van der Waals surface area contributed by atoms with E-state index in [0.717, 1.165) is 40.7 Å². The third kappa shape index (κ3) is 6.51. The molecule has 1 unspecified atom stereocenters. The number of rotatable bonds is 10. The number of ether oxygens (including phenoxy) is 2. The number of nitrogens with one attached hydrogen (secondary N) is 1. The summed E-state index contributed by atoms with van der Waals surface area (Å²) in [5, 5.41) is 12.5. The molecule has 0 aliphatic rings. The molecule has 1 amide bonds. The Morgan fingerprint density at radius 3 is 2.42 bits per heavy atom. The highest BCUT2D eigenvalue weighted by molar-refractivity contribution is 7.99. The van der Waals surface area contributed by atoms with Gasteiger partial charge in [-0.1, -0.05) is 37.7 Å². The number of aromatic nitrogens is 3. The largest absolute Gasteiger partial charge is 0.497 e. The minimum atomic E-state index is -0.303. The smallest absolute Gasteiger partial charge is 0.234 e. The van der Waals surface area contributed by atoms with Crippen LogP contribution in [-0.2, 0) is 11.3 Å². The summed E-state index contributed by atoms with van der Waals surface area (Å²) in [6.45, 7) is 11.0. The minimum absolute atomic E-state index is 0.0723. The summed E-state index contributed by atoms with van der Waals surface area (Å²) in [5.41, 5.74) is 3.06. The Hall–Kier alpha value is -3.00. The molecule has 0 bridgehead atoms. The topological polar surface area (TPSA) is 78.3 Å². The van der Waals surface area contributed by atoms with Gasteiger partial charge in [0.15, 0.2) is 17.1 Å². The zero-order valence-corrected chi connectivity index (χ0v) is 20.9. The Labute approximate surface area is 199 Å². The zero-order valence-electron chi connectivity index (χ0n) is 20.1. The van der Waals surface area contributed by atoms with E-state index >= 15 is 0 Å². The monoisotopic (exact) mass is 468 g/mol. The molecule has 0 aliphatic heterocycles. The van der Waals surface area contributed by atoms with Gasteiger partial charge in [0.2, 0.25) is 5.91 Å². The molecule has 0 aliphatic carbocycles. The van der Waals surface area contributed by atoms with E-state index in [1.54, 1.807) is 7.11 Å². The van der Waals surface area contributed by atoms with Crippen molar-refractivity contribution < 1.29 is 14.3 Å². The number of carbonyl (C=O) groups excluding carboxylic acids is 1. The van der Waals surface area contributed by atoms with Crippen molar-refractivity contribution >= 4 is 23.4 Å². The zero-order chi connectivity index (χ0) is 24.0. The molecule has 1 heterocycles. The SMILES string of the molecule is COc1ccc(OC(C)c2nnc(SCC(=O)Nc3cccc(C)c3C)n2CC(C)C)cc1. The molecule has 3 aromatic rings. The van der Waals surface area contributed by atoms with E-state index in [2.05, 4.69) is 33.9 Å². The molecule has 3 rings (SSSR count). The van der Waals surface area contributed by atoms with E-state index in [1.165, 1.54) is 11.8 Å². The van der Waals surface area contributed by atoms with Crippen molar-refractivity contribution in [1.29, 1.82) is 0 Å². The van der Waals surface area contributed by atoms with Crippen LogP contribution in [0.3, 0.4) is 0 Å². The summed E-state index contributed by atoms with van der Waals surface area (Å²) in [7, 11) is 1.63. The highest BCUT2D eigenvalue weighted by Crippen LogP contribution is 2.27. The van der Waals surface area contributed by atoms with Crippen molar-refractivity contribution in [3.05, 3.63) is 59.4 Å². The number of hydrogen-bond acceptors (Lipinski definition) is 6. The predicted molar refractivity (Wildman–Crippen MR) is 132 cm³/mol. The Kier molecular flexibility index (Phi) is 8.38. The summed E-state index contributed by atoms with van der Waals surface area (Å²) >= 11 is 1.38. The standard InChI is InChI=1S/C25H32N4O3S/c1-16(2)14-29-24(19(5)32-21-12-10-20(31-6)11-13-21)27-28-25(29)33-15-23(30)26-22-9-7-8-17(3)18(22)4/h7-13,16,19H,14-15H2,1-6H3,(H,26,30). The molecule has 33 heavy (non-hydrogen) atoms. The maximum atomic E-state index is 12.6. The molecule has 2 aromatic carbocycles. The second kappa shape index (κ2) is 11.2. The van der Waals surface area contributed by atoms with E-state index in [4.69, 9.17) is 9.47 Å². The highest BCUT2D eigenvalue weighted by Gasteiger charge is 2.21. The number of hydrogen-bond donors (Lipinski definition) is 1. The van der Waals surface area contributed by atoms with Gasteiger partial charge in [0.1, 0.15) is 11.5 Å². The van der Waals surface area contributed by atoms with Gasteiger partial charge in [-0.2, -0.15) is 0 Å². The van der Waals surface area contributed by atoms with Crippen LogP contribution >= 0.6 is 11.8 Å². The molecule has 1 aromatic heterocycles. The molecule has 0 saturated heterocycles. The summed E-state index contributed by atoms with van der Waals surface area (Å²) in [6, 6.07) is 13.3. The van der Waals surface area contributed by atoms with E-state index in [0.29, 0.717) is 11.1 Å². The summed E-state index contributed by atoms with van der Waals surface area (Å²) < 4.78 is 13.4. The van der Waals surface area contributed by atoms with Crippen LogP contribution in [0.1, 0.15) is 43.8 Å². The predicted octanol–water partition coefficient (Wildman–Crippen LogP) is 5.43. The van der Waals surface area contributed by atoms with E-state index in [-0.39, 0.29) is 17.8 Å². The average molecular weight is 469 g/mol. The van der Waals surface area contributed by atoms with Crippen molar-refractivity contribution in [2.45, 2.75) is 52.4 Å². The van der Waals surface area contributed by atoms with Crippen molar-refractivity contribution in [3.63, 3.8) is 0 Å². The fourth-order valence-corrected chi connectivity index (χ4v) is 4.11. The number of nitrogens with zero attached hydrogens (tertiary/aromatic N) is 3. The number of methoxy groups -OCH3 is 1. The maximum absolute atomic E-state index is 12.6. The van der Waals surface area contributed by atoms with E-state index in [1.807, 2.05) is 63.2 Å². The molecule has 0 fully saturated rings. The van der Waals surface area contributed by atoms with Crippen LogP contribution in [0.25, 0.3) is 0 Å². The van der Waals surface area contributed by atoms with Crippen LogP contribution in [0.15, 0.2) is 47.6 Å². The fraction of sp³-hybridized carbons (Fsp3) is 0.400. The Balaban J connectivity index is 1.70. The van der Waals surface area contributed by atoms with E-state index in [9.17, 15) is 4.79 Å². The number of thioether (sulfide) groups is 1. The lowest BCUT2D eigenvalue weighted by molar-refractivity contribution is -0.113. The average Bonchev–Trinajstić information content (AvgIpc) is 3.18. The van der Waals surface area contributed by atoms with Crippen LogP contribution in [0.2, 0.25) is 0 Å². The Bertz CT molecular complexity index is 1080. The van der Waals surface area contributed by atoms with Crippen molar-refractivity contribution in [2.24, 2.45) is 5.92 Å². The van der Waals surface area contributed by atoms with Gasteiger partial charge < -0.3 is 19.4 Å². The summed E-state index contributed by atoms with van der Waals surface area (Å²) in [6.07, 6.45) is -0.303. The van der Waals surface area contributed by atoms with Gasteiger partial charge in [-0.25, -0.2) is 0 Å². The summed E-state index contributed by atoms with van der Waals surface area (Å²) in [4.78, 5) is 12.6. The maximum Gasteiger partial charge on any atom is 0.234 e. The summed E-state index contributed by atoms with van der Waals surface area (Å²) in [5.74, 6) is 2.79. The highest BCUT2D eigenvalue weighted by atomic mass is 32.2. The van der Waals surface area contributed by atoms with Gasteiger partial charge in [-0.15, -0.1) is 10.2 Å². The lowest BCUT2D eigenvalue weighted by Crippen LogP contribution is -2.17. The van der Waals surface area contributed by atoms with Crippen LogP contribution in [0.5, 0.6) is 11.5 Å². The van der Waals surface area contributed by atoms with E-state index < -0.39 is 0 Å². The number of carbonyl (C=O) groups is 1. The number of benzene rings is 2. The van der Waals surface area contributed by atoms with Crippen molar-refractivity contribution in [3.8, 4) is 11.5 Å². The first-order valence-corrected chi connectivity index (χ1v) is 12.0. The molecule has 1 N–H and O–H groups in total. The van der Waals surface area contributed by atoms with Gasteiger partial charge in [0.05, 0.1) is 12.9 Å². The lowest BCUT2D eigenvalue weighted by Gasteiger charge is -2.18. The molecular weight excluding hydrogens is 436 g/mol. The molecule has 176 valence electrons. The second-order valence-corrected chi connectivity index (χ2v) is 9.31.